The Bertz CT molecular complexity index is 887. The fourth-order valence-corrected chi connectivity index (χ4v) is 2.49. The van der Waals surface area contributed by atoms with Crippen LogP contribution in [-0.4, -0.2) is 15.9 Å². The first-order valence-corrected chi connectivity index (χ1v) is 8.22. The van der Waals surface area contributed by atoms with Crippen molar-refractivity contribution in [3.8, 4) is 0 Å². The highest BCUT2D eigenvalue weighted by Crippen LogP contribution is 2.28. The minimum Gasteiger partial charge on any atom is -0.354 e. The van der Waals surface area contributed by atoms with Gasteiger partial charge in [0.2, 0.25) is 0 Å². The van der Waals surface area contributed by atoms with E-state index in [0.717, 1.165) is 5.56 Å². The zero-order valence-corrected chi connectivity index (χ0v) is 14.6. The van der Waals surface area contributed by atoms with E-state index in [1.165, 1.54) is 0 Å². The van der Waals surface area contributed by atoms with E-state index in [2.05, 4.69) is 20.6 Å². The van der Waals surface area contributed by atoms with Crippen molar-refractivity contribution in [2.45, 2.75) is 6.54 Å². The van der Waals surface area contributed by atoms with Gasteiger partial charge in [-0.15, -0.1) is 0 Å². The lowest BCUT2D eigenvalue weighted by Crippen LogP contribution is -2.23. The Balaban J connectivity index is 1.70. The molecule has 1 aromatic carbocycles. The normalized spacial score (nSPS) is 10.3. The molecule has 3 rings (SSSR count). The van der Waals surface area contributed by atoms with E-state index in [-0.39, 0.29) is 5.91 Å². The fraction of sp³-hybridized carbons (Fsp3) is 0.0556. The van der Waals surface area contributed by atoms with Gasteiger partial charge < -0.3 is 10.6 Å². The number of pyridine rings is 2. The van der Waals surface area contributed by atoms with E-state index in [4.69, 9.17) is 23.2 Å². The number of halogens is 2. The van der Waals surface area contributed by atoms with Crippen molar-refractivity contribution in [1.82, 2.24) is 15.3 Å². The third-order valence-electron chi connectivity index (χ3n) is 3.38. The summed E-state index contributed by atoms with van der Waals surface area (Å²) < 4.78 is 0. The molecule has 3 aromatic rings. The first-order chi connectivity index (χ1) is 12.1. The topological polar surface area (TPSA) is 66.9 Å². The van der Waals surface area contributed by atoms with Crippen LogP contribution in [0.1, 0.15) is 16.1 Å². The van der Waals surface area contributed by atoms with Gasteiger partial charge >= 0.3 is 0 Å². The molecule has 5 nitrogen and oxygen atoms in total. The maximum absolute atomic E-state index is 12.3. The summed E-state index contributed by atoms with van der Waals surface area (Å²) in [4.78, 5) is 20.4. The van der Waals surface area contributed by atoms with Gasteiger partial charge in [0.1, 0.15) is 5.69 Å². The molecule has 0 unspecified atom stereocenters. The molecule has 0 bridgehead atoms. The number of hydrogen-bond donors (Lipinski definition) is 2. The lowest BCUT2D eigenvalue weighted by molar-refractivity contribution is 0.0946. The lowest BCUT2D eigenvalue weighted by atomic mass is 10.2. The Labute approximate surface area is 155 Å². The summed E-state index contributed by atoms with van der Waals surface area (Å²) in [6, 6.07) is 12.2. The van der Waals surface area contributed by atoms with E-state index < -0.39 is 0 Å². The highest BCUT2D eigenvalue weighted by Gasteiger charge is 2.09. The number of anilines is 2. The lowest BCUT2D eigenvalue weighted by Gasteiger charge is -2.10. The van der Waals surface area contributed by atoms with Crippen LogP contribution < -0.4 is 10.6 Å². The zero-order chi connectivity index (χ0) is 17.6. The first kappa shape index (κ1) is 17.2. The number of rotatable bonds is 5. The molecule has 25 heavy (non-hydrogen) atoms. The number of nitrogens with zero attached hydrogens (tertiary/aromatic N) is 2. The van der Waals surface area contributed by atoms with Crippen molar-refractivity contribution in [3.05, 3.63) is 82.4 Å². The average Bonchev–Trinajstić information content (AvgIpc) is 2.64. The molecule has 2 heterocycles. The molecule has 0 saturated carbocycles. The molecule has 0 atom stereocenters. The van der Waals surface area contributed by atoms with Crippen molar-refractivity contribution in [2.75, 3.05) is 5.32 Å². The van der Waals surface area contributed by atoms with Crippen molar-refractivity contribution in [3.63, 3.8) is 0 Å². The minimum absolute atomic E-state index is 0.273. The van der Waals surface area contributed by atoms with Crippen molar-refractivity contribution < 1.29 is 4.79 Å². The van der Waals surface area contributed by atoms with E-state index in [1.54, 1.807) is 48.9 Å². The summed E-state index contributed by atoms with van der Waals surface area (Å²) in [6.45, 7) is 0.381. The van der Waals surface area contributed by atoms with Crippen LogP contribution in [0, 0.1) is 0 Å². The molecule has 0 aliphatic rings. The summed E-state index contributed by atoms with van der Waals surface area (Å²) in [6.07, 6.45) is 4.94. The smallest absolute Gasteiger partial charge is 0.270 e. The predicted molar refractivity (Wildman–Crippen MR) is 99.4 cm³/mol. The van der Waals surface area contributed by atoms with Crippen molar-refractivity contribution >= 4 is 40.5 Å². The molecule has 0 fully saturated rings. The first-order valence-electron chi connectivity index (χ1n) is 7.47. The van der Waals surface area contributed by atoms with Crippen LogP contribution in [0.3, 0.4) is 0 Å². The standard InChI is InChI=1S/C18H14Cl2N4O/c19-13-3-4-15(20)16(8-13)24-14-5-7-22-17(9-14)18(25)23-11-12-2-1-6-21-10-12/h1-10H,11H2,(H,22,24)(H,23,25). The number of nitrogens with one attached hydrogen (secondary N) is 2. The molecule has 7 heteroatoms. The Morgan fingerprint density at radius 1 is 1.08 bits per heavy atom. The Morgan fingerprint density at radius 3 is 2.76 bits per heavy atom. The number of hydrogen-bond acceptors (Lipinski definition) is 4. The Morgan fingerprint density at radius 2 is 1.96 bits per heavy atom. The summed E-state index contributed by atoms with van der Waals surface area (Å²) in [5, 5.41) is 7.04. The van der Waals surface area contributed by atoms with Crippen LogP contribution in [0.4, 0.5) is 11.4 Å². The Kier molecular flexibility index (Phi) is 5.48. The summed E-state index contributed by atoms with van der Waals surface area (Å²) in [7, 11) is 0. The second-order valence-electron chi connectivity index (χ2n) is 5.22. The van der Waals surface area contributed by atoms with E-state index >= 15 is 0 Å². The van der Waals surface area contributed by atoms with E-state index in [1.807, 2.05) is 12.1 Å². The van der Waals surface area contributed by atoms with Gasteiger partial charge in [0.05, 0.1) is 10.7 Å². The number of carbonyl (C=O) groups is 1. The number of amides is 1. The molecule has 2 aromatic heterocycles. The monoisotopic (exact) mass is 372 g/mol. The summed E-state index contributed by atoms with van der Waals surface area (Å²) >= 11 is 12.1. The van der Waals surface area contributed by atoms with Gasteiger partial charge in [0.15, 0.2) is 0 Å². The SMILES string of the molecule is O=C(NCc1cccnc1)c1cc(Nc2cc(Cl)ccc2Cl)ccn1. The van der Waals surface area contributed by atoms with Crippen LogP contribution >= 0.6 is 23.2 Å². The number of carbonyl (C=O) groups excluding carboxylic acids is 1. The van der Waals surface area contributed by atoms with Gasteiger partial charge in [0.25, 0.3) is 5.91 Å². The molecule has 2 N–H and O–H groups in total. The van der Waals surface area contributed by atoms with Crippen molar-refractivity contribution in [2.24, 2.45) is 0 Å². The molecule has 0 radical (unpaired) electrons. The molecule has 0 saturated heterocycles. The van der Waals surface area contributed by atoms with Gasteiger partial charge in [-0.1, -0.05) is 29.3 Å². The van der Waals surface area contributed by atoms with Crippen LogP contribution in [0.2, 0.25) is 10.0 Å². The molecular weight excluding hydrogens is 359 g/mol. The van der Waals surface area contributed by atoms with E-state index in [9.17, 15) is 4.79 Å². The van der Waals surface area contributed by atoms with Gasteiger partial charge in [-0.2, -0.15) is 0 Å². The number of aromatic nitrogens is 2. The largest absolute Gasteiger partial charge is 0.354 e. The molecule has 1 amide bonds. The number of benzene rings is 1. The van der Waals surface area contributed by atoms with Gasteiger partial charge in [-0.25, -0.2) is 0 Å². The third-order valence-corrected chi connectivity index (χ3v) is 3.94. The molecule has 126 valence electrons. The van der Waals surface area contributed by atoms with E-state index in [0.29, 0.717) is 33.7 Å². The van der Waals surface area contributed by atoms with Gasteiger partial charge in [-0.3, -0.25) is 14.8 Å². The summed E-state index contributed by atoms with van der Waals surface area (Å²) in [5.41, 5.74) is 2.55. The third kappa shape index (κ3) is 4.68. The van der Waals surface area contributed by atoms with Crippen molar-refractivity contribution in [1.29, 1.82) is 0 Å². The fourth-order valence-electron chi connectivity index (χ4n) is 2.16. The zero-order valence-electron chi connectivity index (χ0n) is 13.0. The average molecular weight is 373 g/mol. The second kappa shape index (κ2) is 7.96. The van der Waals surface area contributed by atoms with Crippen LogP contribution in [-0.2, 0) is 6.54 Å². The van der Waals surface area contributed by atoms with Crippen LogP contribution in [0.15, 0.2) is 61.1 Å². The molecule has 0 aliphatic heterocycles. The highest BCUT2D eigenvalue weighted by molar-refractivity contribution is 6.35. The minimum atomic E-state index is -0.273. The molecular formula is C18H14Cl2N4O. The van der Waals surface area contributed by atoms with Crippen LogP contribution in [0.25, 0.3) is 0 Å². The summed E-state index contributed by atoms with van der Waals surface area (Å²) in [5.74, 6) is -0.273. The van der Waals surface area contributed by atoms with Gasteiger partial charge in [0, 0.05) is 35.8 Å². The second-order valence-corrected chi connectivity index (χ2v) is 6.07. The molecule has 0 aliphatic carbocycles. The highest BCUT2D eigenvalue weighted by atomic mass is 35.5. The predicted octanol–water partition coefficient (Wildman–Crippen LogP) is 4.46. The molecule has 0 spiro atoms. The maximum atomic E-state index is 12.3. The van der Waals surface area contributed by atoms with Gasteiger partial charge in [-0.05, 0) is 42.0 Å². The Hall–Kier alpha value is -2.63. The quantitative estimate of drug-likeness (QED) is 0.693. The maximum Gasteiger partial charge on any atom is 0.270 e. The van der Waals surface area contributed by atoms with Crippen LogP contribution in [0.5, 0.6) is 0 Å².